The number of rotatable bonds is 42. The molecule has 0 aliphatic heterocycles. The molecule has 0 aromatic heterocycles. The van der Waals surface area contributed by atoms with Crippen LogP contribution < -0.4 is 5.32 Å². The number of carbonyl (C=O) groups is 1. The van der Waals surface area contributed by atoms with Gasteiger partial charge < -0.3 is 15.5 Å². The van der Waals surface area contributed by atoms with Gasteiger partial charge in [0.1, 0.15) is 0 Å². The van der Waals surface area contributed by atoms with Crippen LogP contribution in [0.5, 0.6) is 0 Å². The van der Waals surface area contributed by atoms with E-state index in [-0.39, 0.29) is 12.5 Å². The molecule has 0 bridgehead atoms. The highest BCUT2D eigenvalue weighted by Crippen LogP contribution is 2.12. The maximum atomic E-state index is 12.4. The van der Waals surface area contributed by atoms with Crippen LogP contribution in [0.3, 0.4) is 0 Å². The maximum Gasteiger partial charge on any atom is 0.220 e. The maximum absolute atomic E-state index is 12.4. The molecule has 338 valence electrons. The van der Waals surface area contributed by atoms with E-state index >= 15 is 0 Å². The predicted octanol–water partition coefficient (Wildman–Crippen LogP) is 15.9. The van der Waals surface area contributed by atoms with Crippen molar-refractivity contribution >= 4 is 5.91 Å². The summed E-state index contributed by atoms with van der Waals surface area (Å²) >= 11 is 0. The standard InChI is InChI=1S/C56H91NO3/c1-3-5-7-9-11-13-15-17-18-19-20-21-22-23-24-25-26-27-28-29-30-31-32-33-34-35-36-37-38-40-42-44-46-48-50-52-56(60)57-54(53-58)55(59)51-49-47-45-43-41-39-16-14-12-10-8-6-4-2/h5,7,11,13,17-18,20-21,23-24,26-27,29-30,32-33,35-36,41,43,49,51,54-55,58-59H,3-4,6,8-10,12,14-16,19,22,25,28,31,34,37-40,42,44-48,50,52-53H2,1-2H3,(H,57,60)/b7-5-,13-11-,18-17-,21-20-,24-23-,27-26-,30-29-,33-32-,36-35-,43-41+,51-49+. The summed E-state index contributed by atoms with van der Waals surface area (Å²) < 4.78 is 0. The minimum atomic E-state index is -0.875. The number of aliphatic hydroxyl groups is 2. The van der Waals surface area contributed by atoms with Crippen molar-refractivity contribution in [2.24, 2.45) is 0 Å². The average Bonchev–Trinajstić information content (AvgIpc) is 3.25. The molecular weight excluding hydrogens is 735 g/mol. The topological polar surface area (TPSA) is 69.6 Å². The van der Waals surface area contributed by atoms with Crippen molar-refractivity contribution in [3.05, 3.63) is 134 Å². The zero-order chi connectivity index (χ0) is 43.5. The monoisotopic (exact) mass is 826 g/mol. The van der Waals surface area contributed by atoms with E-state index in [0.717, 1.165) is 103 Å². The molecule has 0 heterocycles. The van der Waals surface area contributed by atoms with Gasteiger partial charge >= 0.3 is 0 Å². The normalized spacial score (nSPS) is 14.1. The zero-order valence-corrected chi connectivity index (χ0v) is 38.7. The lowest BCUT2D eigenvalue weighted by Crippen LogP contribution is -2.45. The van der Waals surface area contributed by atoms with Crippen molar-refractivity contribution in [3.63, 3.8) is 0 Å². The molecule has 0 radical (unpaired) electrons. The first-order chi connectivity index (χ1) is 29.7. The van der Waals surface area contributed by atoms with Crippen LogP contribution in [-0.2, 0) is 4.79 Å². The lowest BCUT2D eigenvalue weighted by molar-refractivity contribution is -0.123. The van der Waals surface area contributed by atoms with E-state index in [4.69, 9.17) is 0 Å². The summed E-state index contributed by atoms with van der Waals surface area (Å²) in [7, 11) is 0. The molecule has 0 aliphatic rings. The third-order valence-electron chi connectivity index (χ3n) is 10.1. The Bertz CT molecular complexity index is 1260. The van der Waals surface area contributed by atoms with E-state index in [1.165, 1.54) is 70.6 Å². The second-order valence-electron chi connectivity index (χ2n) is 15.8. The average molecular weight is 826 g/mol. The Hall–Kier alpha value is -3.47. The molecule has 60 heavy (non-hydrogen) atoms. The van der Waals surface area contributed by atoms with Crippen LogP contribution in [0.15, 0.2) is 134 Å². The van der Waals surface area contributed by atoms with Gasteiger partial charge in [-0.1, -0.05) is 218 Å². The summed E-state index contributed by atoms with van der Waals surface area (Å²) in [5.41, 5.74) is 0. The molecule has 4 nitrogen and oxygen atoms in total. The molecule has 2 unspecified atom stereocenters. The molecule has 2 atom stereocenters. The Kier molecular flexibility index (Phi) is 47.0. The van der Waals surface area contributed by atoms with Crippen LogP contribution in [0.1, 0.15) is 194 Å². The number of amides is 1. The number of carbonyl (C=O) groups excluding carboxylic acids is 1. The SMILES string of the molecule is CC/C=C\C/C=C\C/C=C\C/C=C\C/C=C\C/C=C\C/C=C\C/C=C\C/C=C\CCCCCCCCCC(=O)NC(CO)C(O)/C=C/CC/C=C/CCCCCCCCC. The van der Waals surface area contributed by atoms with Gasteiger partial charge in [0.25, 0.3) is 0 Å². The first-order valence-electron chi connectivity index (χ1n) is 24.4. The fraction of sp³-hybridized carbons (Fsp3) is 0.589. The molecule has 1 amide bonds. The van der Waals surface area contributed by atoms with Gasteiger partial charge in [0, 0.05) is 6.42 Å². The third kappa shape index (κ3) is 45.6. The minimum absolute atomic E-state index is 0.0928. The number of hydrogen-bond donors (Lipinski definition) is 3. The van der Waals surface area contributed by atoms with Gasteiger partial charge in [0.2, 0.25) is 5.91 Å². The Morgan fingerprint density at radius 1 is 0.417 bits per heavy atom. The molecule has 4 heteroatoms. The summed E-state index contributed by atoms with van der Waals surface area (Å²) in [6.45, 7) is 4.15. The van der Waals surface area contributed by atoms with Crippen LogP contribution >= 0.6 is 0 Å². The summed E-state index contributed by atoms with van der Waals surface area (Å²) in [5, 5.41) is 23.0. The van der Waals surface area contributed by atoms with E-state index in [1.54, 1.807) is 6.08 Å². The number of allylic oxidation sites excluding steroid dienone is 21. The van der Waals surface area contributed by atoms with Crippen molar-refractivity contribution in [2.75, 3.05) is 6.61 Å². The molecule has 0 saturated heterocycles. The van der Waals surface area contributed by atoms with E-state index in [2.05, 4.69) is 141 Å². The van der Waals surface area contributed by atoms with Gasteiger partial charge in [-0.15, -0.1) is 0 Å². The second kappa shape index (κ2) is 49.9. The molecular formula is C56H91NO3. The van der Waals surface area contributed by atoms with Crippen LogP contribution in [-0.4, -0.2) is 34.9 Å². The molecule has 0 rings (SSSR count). The Morgan fingerprint density at radius 3 is 1.17 bits per heavy atom. The van der Waals surface area contributed by atoms with Gasteiger partial charge in [-0.2, -0.15) is 0 Å². The number of unbranched alkanes of at least 4 members (excludes halogenated alkanes) is 15. The minimum Gasteiger partial charge on any atom is -0.394 e. The van der Waals surface area contributed by atoms with Crippen LogP contribution in [0.4, 0.5) is 0 Å². The van der Waals surface area contributed by atoms with Gasteiger partial charge in [-0.25, -0.2) is 0 Å². The summed E-state index contributed by atoms with van der Waals surface area (Å²) in [5.74, 6) is -0.0928. The highest BCUT2D eigenvalue weighted by Gasteiger charge is 2.17. The fourth-order valence-electron chi connectivity index (χ4n) is 6.42. The van der Waals surface area contributed by atoms with Crippen LogP contribution in [0.25, 0.3) is 0 Å². The van der Waals surface area contributed by atoms with Crippen LogP contribution in [0, 0.1) is 0 Å². The largest absolute Gasteiger partial charge is 0.394 e. The summed E-state index contributed by atoms with van der Waals surface area (Å²) in [4.78, 5) is 12.4. The Balaban J connectivity index is 3.69. The Morgan fingerprint density at radius 2 is 0.750 bits per heavy atom. The smallest absolute Gasteiger partial charge is 0.220 e. The van der Waals surface area contributed by atoms with Gasteiger partial charge in [-0.3, -0.25) is 4.79 Å². The predicted molar refractivity (Wildman–Crippen MR) is 266 cm³/mol. The lowest BCUT2D eigenvalue weighted by atomic mass is 10.1. The van der Waals surface area contributed by atoms with E-state index < -0.39 is 12.1 Å². The highest BCUT2D eigenvalue weighted by molar-refractivity contribution is 5.76. The zero-order valence-electron chi connectivity index (χ0n) is 38.7. The fourth-order valence-corrected chi connectivity index (χ4v) is 6.42. The number of aliphatic hydroxyl groups excluding tert-OH is 2. The van der Waals surface area contributed by atoms with Gasteiger partial charge in [0.05, 0.1) is 18.8 Å². The van der Waals surface area contributed by atoms with E-state index in [9.17, 15) is 15.0 Å². The van der Waals surface area contributed by atoms with Gasteiger partial charge in [0.15, 0.2) is 0 Å². The first-order valence-corrected chi connectivity index (χ1v) is 24.4. The van der Waals surface area contributed by atoms with Gasteiger partial charge in [-0.05, 0) is 103 Å². The van der Waals surface area contributed by atoms with E-state index in [1.807, 2.05) is 6.08 Å². The van der Waals surface area contributed by atoms with Crippen LogP contribution in [0.2, 0.25) is 0 Å². The van der Waals surface area contributed by atoms with Crippen molar-refractivity contribution in [1.82, 2.24) is 5.32 Å². The summed E-state index contributed by atoms with van der Waals surface area (Å²) in [6.07, 6.45) is 78.6. The first kappa shape index (κ1) is 56.5. The highest BCUT2D eigenvalue weighted by atomic mass is 16.3. The van der Waals surface area contributed by atoms with E-state index in [0.29, 0.717) is 6.42 Å². The number of hydrogen-bond acceptors (Lipinski definition) is 3. The molecule has 0 spiro atoms. The quantitative estimate of drug-likeness (QED) is 0.0424. The third-order valence-corrected chi connectivity index (χ3v) is 10.1. The molecule has 0 aromatic carbocycles. The number of nitrogens with one attached hydrogen (secondary N) is 1. The van der Waals surface area contributed by atoms with Crippen molar-refractivity contribution < 1.29 is 15.0 Å². The van der Waals surface area contributed by atoms with Crippen molar-refractivity contribution in [2.45, 2.75) is 206 Å². The Labute approximate surface area is 371 Å². The van der Waals surface area contributed by atoms with Crippen molar-refractivity contribution in [3.8, 4) is 0 Å². The molecule has 0 saturated carbocycles. The molecule has 0 aromatic rings. The molecule has 0 aliphatic carbocycles. The van der Waals surface area contributed by atoms with Crippen molar-refractivity contribution in [1.29, 1.82) is 0 Å². The summed E-state index contributed by atoms with van der Waals surface area (Å²) in [6, 6.07) is -0.654. The second-order valence-corrected chi connectivity index (χ2v) is 15.8. The lowest BCUT2D eigenvalue weighted by Gasteiger charge is -2.19. The molecule has 0 fully saturated rings. The molecule has 3 N–H and O–H groups in total.